The Kier molecular flexibility index (Phi) is 4.60. The summed E-state index contributed by atoms with van der Waals surface area (Å²) in [5.41, 5.74) is 10.4. The quantitative estimate of drug-likeness (QED) is 0.301. The van der Waals surface area contributed by atoms with Crippen LogP contribution >= 0.6 is 15.9 Å². The monoisotopic (exact) mass is 456 g/mol. The van der Waals surface area contributed by atoms with Gasteiger partial charge in [-0.05, 0) is 58.4 Å². The van der Waals surface area contributed by atoms with Gasteiger partial charge in [-0.2, -0.15) is 0 Å². The Morgan fingerprint density at radius 1 is 0.964 bits per heavy atom. The van der Waals surface area contributed by atoms with E-state index in [0.717, 1.165) is 43.9 Å². The maximum Gasteiger partial charge on any atom is 0.229 e. The van der Waals surface area contributed by atoms with E-state index in [1.54, 1.807) is 12.1 Å². The number of anilines is 4. The lowest BCUT2D eigenvalue weighted by Crippen LogP contribution is -2.09. The molecule has 4 N–H and O–H groups in total. The average Bonchev–Trinajstić information content (AvgIpc) is 2.62. The standard InChI is InChI=1S/C20H17BrN4O2S/c1-28(26,27)25-13-7-9-18(16(21)11-13)24-20-14-4-2-3-5-17(14)23-19-10-12(22)6-8-15(19)20/h2-11,25H,22H2,1H3,(H,23,24). The second kappa shape index (κ2) is 6.96. The van der Waals surface area contributed by atoms with Crippen LogP contribution in [0.4, 0.5) is 22.7 Å². The molecule has 4 rings (SSSR count). The molecule has 0 unspecified atom stereocenters. The summed E-state index contributed by atoms with van der Waals surface area (Å²) in [7, 11) is -3.34. The fourth-order valence-corrected chi connectivity index (χ4v) is 4.11. The topological polar surface area (TPSA) is 97.1 Å². The zero-order chi connectivity index (χ0) is 19.9. The SMILES string of the molecule is CS(=O)(=O)Nc1ccc(Nc2c3ccccc3nc3cc(N)ccc23)c(Br)c1. The number of nitrogens with zero attached hydrogens (tertiary/aromatic N) is 1. The van der Waals surface area contributed by atoms with E-state index in [1.807, 2.05) is 48.5 Å². The van der Waals surface area contributed by atoms with Crippen LogP contribution < -0.4 is 15.8 Å². The highest BCUT2D eigenvalue weighted by molar-refractivity contribution is 9.10. The van der Waals surface area contributed by atoms with Crippen LogP contribution in [0, 0.1) is 0 Å². The summed E-state index contributed by atoms with van der Waals surface area (Å²) < 4.78 is 26.1. The van der Waals surface area contributed by atoms with Gasteiger partial charge in [0.15, 0.2) is 0 Å². The van der Waals surface area contributed by atoms with Gasteiger partial charge in [0.2, 0.25) is 10.0 Å². The number of aromatic nitrogens is 1. The van der Waals surface area contributed by atoms with Crippen LogP contribution in [0.25, 0.3) is 21.8 Å². The third-order valence-electron chi connectivity index (χ3n) is 4.24. The minimum atomic E-state index is -3.34. The van der Waals surface area contributed by atoms with Crippen molar-refractivity contribution in [2.45, 2.75) is 0 Å². The van der Waals surface area contributed by atoms with E-state index in [2.05, 4.69) is 26.0 Å². The third-order valence-corrected chi connectivity index (χ3v) is 5.50. The van der Waals surface area contributed by atoms with Crippen LogP contribution in [0.1, 0.15) is 0 Å². The van der Waals surface area contributed by atoms with Gasteiger partial charge < -0.3 is 11.1 Å². The number of nitrogens with one attached hydrogen (secondary N) is 2. The molecular formula is C20H17BrN4O2S. The Labute approximate surface area is 171 Å². The fraction of sp³-hybridized carbons (Fsp3) is 0.0500. The maximum absolute atomic E-state index is 11.4. The van der Waals surface area contributed by atoms with Crippen molar-refractivity contribution in [2.75, 3.05) is 22.0 Å². The molecule has 4 aromatic rings. The van der Waals surface area contributed by atoms with Gasteiger partial charge in [-0.3, -0.25) is 4.72 Å². The van der Waals surface area contributed by atoms with E-state index in [4.69, 9.17) is 10.7 Å². The van der Waals surface area contributed by atoms with Crippen molar-refractivity contribution in [1.82, 2.24) is 4.98 Å². The Bertz CT molecular complexity index is 1320. The molecule has 0 saturated carbocycles. The number of halogens is 1. The van der Waals surface area contributed by atoms with Gasteiger partial charge in [0.1, 0.15) is 0 Å². The van der Waals surface area contributed by atoms with Crippen molar-refractivity contribution in [1.29, 1.82) is 0 Å². The summed E-state index contributed by atoms with van der Waals surface area (Å²) in [6.45, 7) is 0. The fourth-order valence-electron chi connectivity index (χ4n) is 3.07. The van der Waals surface area contributed by atoms with Crippen LogP contribution in [0.2, 0.25) is 0 Å². The molecule has 0 bridgehead atoms. The van der Waals surface area contributed by atoms with Crippen molar-refractivity contribution in [3.63, 3.8) is 0 Å². The van der Waals surface area contributed by atoms with Crippen LogP contribution in [-0.4, -0.2) is 19.7 Å². The van der Waals surface area contributed by atoms with E-state index >= 15 is 0 Å². The first-order valence-corrected chi connectivity index (χ1v) is 11.1. The zero-order valence-corrected chi connectivity index (χ0v) is 17.3. The molecule has 6 nitrogen and oxygen atoms in total. The molecule has 0 aliphatic heterocycles. The summed E-state index contributed by atoms with van der Waals surface area (Å²) in [6.07, 6.45) is 1.12. The van der Waals surface area contributed by atoms with Gasteiger partial charge >= 0.3 is 0 Å². The van der Waals surface area contributed by atoms with Gasteiger partial charge in [-0.25, -0.2) is 13.4 Å². The molecule has 0 aliphatic rings. The summed E-state index contributed by atoms with van der Waals surface area (Å²) in [6, 6.07) is 18.7. The molecule has 0 aliphatic carbocycles. The third kappa shape index (κ3) is 3.74. The predicted octanol–water partition coefficient (Wildman–Crippen LogP) is 4.85. The van der Waals surface area contributed by atoms with E-state index in [-0.39, 0.29) is 0 Å². The number of pyridine rings is 1. The first-order valence-electron chi connectivity index (χ1n) is 8.42. The minimum Gasteiger partial charge on any atom is -0.399 e. The molecule has 1 aromatic heterocycles. The van der Waals surface area contributed by atoms with Crippen molar-refractivity contribution in [2.24, 2.45) is 0 Å². The summed E-state index contributed by atoms with van der Waals surface area (Å²) >= 11 is 3.52. The zero-order valence-electron chi connectivity index (χ0n) is 14.9. The Morgan fingerprint density at radius 3 is 2.46 bits per heavy atom. The first kappa shape index (κ1) is 18.5. The van der Waals surface area contributed by atoms with Crippen LogP contribution in [0.3, 0.4) is 0 Å². The number of benzene rings is 3. The van der Waals surface area contributed by atoms with Crippen LogP contribution in [-0.2, 0) is 10.0 Å². The largest absolute Gasteiger partial charge is 0.399 e. The van der Waals surface area contributed by atoms with Gasteiger partial charge in [-0.1, -0.05) is 18.2 Å². The van der Waals surface area contributed by atoms with E-state index in [0.29, 0.717) is 11.4 Å². The summed E-state index contributed by atoms with van der Waals surface area (Å²) in [5, 5.41) is 5.38. The van der Waals surface area contributed by atoms with Crippen LogP contribution in [0.15, 0.2) is 65.1 Å². The molecule has 0 atom stereocenters. The van der Waals surface area contributed by atoms with Crippen LogP contribution in [0.5, 0.6) is 0 Å². The smallest absolute Gasteiger partial charge is 0.229 e. The number of fused-ring (bicyclic) bond motifs is 2. The predicted molar refractivity (Wildman–Crippen MR) is 120 cm³/mol. The molecule has 8 heteroatoms. The first-order chi connectivity index (χ1) is 13.3. The highest BCUT2D eigenvalue weighted by Crippen LogP contribution is 2.36. The number of sulfonamides is 1. The van der Waals surface area contributed by atoms with Crippen molar-refractivity contribution in [3.05, 3.63) is 65.1 Å². The van der Waals surface area contributed by atoms with Gasteiger partial charge in [0, 0.05) is 26.6 Å². The van der Waals surface area contributed by atoms with Crippen molar-refractivity contribution in [3.8, 4) is 0 Å². The molecular weight excluding hydrogens is 440 g/mol. The van der Waals surface area contributed by atoms with Crippen molar-refractivity contribution < 1.29 is 8.42 Å². The molecule has 3 aromatic carbocycles. The number of para-hydroxylation sites is 1. The molecule has 28 heavy (non-hydrogen) atoms. The van der Waals surface area contributed by atoms with Gasteiger partial charge in [-0.15, -0.1) is 0 Å². The number of rotatable bonds is 4. The highest BCUT2D eigenvalue weighted by atomic mass is 79.9. The van der Waals surface area contributed by atoms with Crippen molar-refractivity contribution >= 4 is 70.5 Å². The highest BCUT2D eigenvalue weighted by Gasteiger charge is 2.12. The molecule has 0 saturated heterocycles. The van der Waals surface area contributed by atoms with Gasteiger partial charge in [0.05, 0.1) is 28.7 Å². The molecule has 0 radical (unpaired) electrons. The lowest BCUT2D eigenvalue weighted by Gasteiger charge is -2.15. The second-order valence-electron chi connectivity index (χ2n) is 6.47. The minimum absolute atomic E-state index is 0.483. The summed E-state index contributed by atoms with van der Waals surface area (Å²) in [5.74, 6) is 0. The Morgan fingerprint density at radius 2 is 1.71 bits per heavy atom. The van der Waals surface area contributed by atoms with E-state index in [1.165, 1.54) is 0 Å². The number of nitrogen functional groups attached to an aromatic ring is 1. The Balaban J connectivity index is 1.85. The number of hydrogen-bond acceptors (Lipinski definition) is 5. The molecule has 0 fully saturated rings. The summed E-state index contributed by atoms with van der Waals surface area (Å²) in [4.78, 5) is 4.71. The molecule has 142 valence electrons. The molecule has 0 spiro atoms. The molecule has 0 amide bonds. The van der Waals surface area contributed by atoms with E-state index < -0.39 is 10.0 Å². The Hall–Kier alpha value is -2.84. The lowest BCUT2D eigenvalue weighted by molar-refractivity contribution is 0.607. The second-order valence-corrected chi connectivity index (χ2v) is 9.08. The lowest BCUT2D eigenvalue weighted by atomic mass is 10.1. The average molecular weight is 457 g/mol. The number of nitrogens with two attached hydrogens (primary N) is 1. The number of hydrogen-bond donors (Lipinski definition) is 3. The van der Waals surface area contributed by atoms with Gasteiger partial charge in [0.25, 0.3) is 0 Å². The molecule has 1 heterocycles. The normalized spacial score (nSPS) is 11.6. The van der Waals surface area contributed by atoms with E-state index in [9.17, 15) is 8.42 Å². The maximum atomic E-state index is 11.4.